The first-order chi connectivity index (χ1) is 31.2. The van der Waals surface area contributed by atoms with Crippen LogP contribution >= 0.6 is 0 Å². The molecule has 0 saturated carbocycles. The zero-order valence-electron chi connectivity index (χ0n) is 36.1. The van der Waals surface area contributed by atoms with Gasteiger partial charge in [0.2, 0.25) is 17.6 Å². The molecule has 5 aromatic rings. The average Bonchev–Trinajstić information content (AvgIpc) is 3.88. The van der Waals surface area contributed by atoms with Gasteiger partial charge in [-0.05, 0) is 79.4 Å². The highest BCUT2D eigenvalue weighted by Gasteiger charge is 2.41. The van der Waals surface area contributed by atoms with Crippen LogP contribution in [0.2, 0.25) is 0 Å². The number of hydrogen-bond donors (Lipinski definition) is 5. The average molecular weight is 886 g/mol. The second kappa shape index (κ2) is 17.7. The van der Waals surface area contributed by atoms with Crippen LogP contribution in [0.15, 0.2) is 72.8 Å². The Kier molecular flexibility index (Phi) is 11.9. The second-order valence-corrected chi connectivity index (χ2v) is 16.1. The SMILES string of the molecule is CCNC(=O)c1nnc(-c2cc(C(C)C)c(O)cc2O)n1-c1ccc(C(=O)N2CCN(c3ccc(N(C(=O)O)c4cccc5c4CN(C4CCC(=O)NC4=O)C5=O)c(OC)c3)CC2)cc1. The predicted molar refractivity (Wildman–Crippen MR) is 236 cm³/mol. The molecule has 3 aliphatic heterocycles. The molecule has 2 fully saturated rings. The van der Waals surface area contributed by atoms with Gasteiger partial charge in [-0.25, -0.2) is 9.69 Å². The summed E-state index contributed by atoms with van der Waals surface area (Å²) in [5.74, 6) is -2.13. The lowest BCUT2D eigenvalue weighted by Gasteiger charge is -2.36. The number of phenols is 2. The number of methoxy groups -OCH3 is 1. The van der Waals surface area contributed by atoms with Gasteiger partial charge in [-0.3, -0.25) is 33.9 Å². The van der Waals surface area contributed by atoms with Gasteiger partial charge < -0.3 is 40.1 Å². The van der Waals surface area contributed by atoms with Gasteiger partial charge in [-0.1, -0.05) is 19.9 Å². The van der Waals surface area contributed by atoms with E-state index in [1.807, 2.05) is 13.8 Å². The summed E-state index contributed by atoms with van der Waals surface area (Å²) in [6.45, 7) is 7.52. The lowest BCUT2D eigenvalue weighted by Crippen LogP contribution is -2.52. The minimum atomic E-state index is -1.32. The molecule has 0 aliphatic carbocycles. The summed E-state index contributed by atoms with van der Waals surface area (Å²) in [7, 11) is 1.43. The summed E-state index contributed by atoms with van der Waals surface area (Å²) in [6, 6.07) is 18.5. The van der Waals surface area contributed by atoms with E-state index in [9.17, 15) is 44.1 Å². The number of benzene rings is 4. The quantitative estimate of drug-likeness (QED) is 0.113. The number of aromatic nitrogens is 3. The van der Waals surface area contributed by atoms with E-state index < -0.39 is 35.8 Å². The molecular formula is C46H47N9O10. The van der Waals surface area contributed by atoms with Gasteiger partial charge in [-0.2, -0.15) is 0 Å². The monoisotopic (exact) mass is 885 g/mol. The van der Waals surface area contributed by atoms with E-state index in [0.717, 1.165) is 10.6 Å². The number of hydrogen-bond acceptors (Lipinski definition) is 12. The number of nitrogens with zero attached hydrogens (tertiary/aromatic N) is 7. The summed E-state index contributed by atoms with van der Waals surface area (Å²) in [6.07, 6.45) is -1.07. The number of imide groups is 1. The van der Waals surface area contributed by atoms with Gasteiger partial charge in [0, 0.05) is 85.9 Å². The van der Waals surface area contributed by atoms with E-state index in [2.05, 4.69) is 25.7 Å². The van der Waals surface area contributed by atoms with E-state index in [0.29, 0.717) is 55.1 Å². The standard InChI is InChI=1S/C46H47N9O10/c1-5-47-43(60)41-50-49-40(31-22-30(25(2)3)36(56)23-37(31)57)54(41)27-11-9-26(10-12-27)44(61)52-19-17-51(18-20-52)28-13-14-34(38(21-28)65-4)55(46(63)64)33-8-6-7-29-32(33)24-53(45(29)62)35-15-16-39(58)48-42(35)59/h6-14,21-23,25,35,56-57H,5,15-20,24H2,1-4H3,(H,47,60)(H,63,64)(H,48,58,59). The molecule has 19 heteroatoms. The van der Waals surface area contributed by atoms with E-state index in [4.69, 9.17) is 4.74 Å². The van der Waals surface area contributed by atoms with Crippen molar-refractivity contribution in [1.29, 1.82) is 0 Å². The van der Waals surface area contributed by atoms with Crippen LogP contribution < -0.4 is 25.2 Å². The minimum absolute atomic E-state index is 0.0265. The van der Waals surface area contributed by atoms with Crippen molar-refractivity contribution in [2.75, 3.05) is 49.6 Å². The molecule has 65 heavy (non-hydrogen) atoms. The summed E-state index contributed by atoms with van der Waals surface area (Å²) in [5.41, 5.74) is 3.55. The van der Waals surface area contributed by atoms with Crippen LogP contribution in [0.4, 0.5) is 21.9 Å². The van der Waals surface area contributed by atoms with Gasteiger partial charge in [0.1, 0.15) is 23.3 Å². The Morgan fingerprint density at radius 1 is 0.892 bits per heavy atom. The largest absolute Gasteiger partial charge is 0.508 e. The Hall–Kier alpha value is -7.96. The molecule has 0 bridgehead atoms. The van der Waals surface area contributed by atoms with Crippen LogP contribution in [0.3, 0.4) is 0 Å². The molecule has 0 radical (unpaired) electrons. The normalized spacial score (nSPS) is 16.1. The van der Waals surface area contributed by atoms with Crippen molar-refractivity contribution < 1.29 is 48.8 Å². The maximum Gasteiger partial charge on any atom is 0.416 e. The van der Waals surface area contributed by atoms with Crippen LogP contribution in [0, 0.1) is 0 Å². The van der Waals surface area contributed by atoms with Crippen LogP contribution in [0.1, 0.15) is 82.0 Å². The van der Waals surface area contributed by atoms with E-state index >= 15 is 0 Å². The number of piperazine rings is 1. The summed E-state index contributed by atoms with van der Waals surface area (Å²) < 4.78 is 7.24. The maximum atomic E-state index is 13.8. The molecule has 2 saturated heterocycles. The Bertz CT molecular complexity index is 2740. The minimum Gasteiger partial charge on any atom is -0.508 e. The molecule has 1 atom stereocenters. The van der Waals surface area contributed by atoms with Crippen molar-refractivity contribution in [3.63, 3.8) is 0 Å². The predicted octanol–water partition coefficient (Wildman–Crippen LogP) is 4.77. The third-order valence-electron chi connectivity index (χ3n) is 11.9. The van der Waals surface area contributed by atoms with Crippen LogP contribution in [-0.2, 0) is 16.1 Å². The number of amides is 6. The number of carboxylic acid groups (broad SMARTS) is 1. The van der Waals surface area contributed by atoms with E-state index in [-0.39, 0.29) is 82.6 Å². The smallest absolute Gasteiger partial charge is 0.416 e. The second-order valence-electron chi connectivity index (χ2n) is 16.1. The van der Waals surface area contributed by atoms with Gasteiger partial charge >= 0.3 is 6.09 Å². The molecule has 6 amide bonds. The first kappa shape index (κ1) is 43.7. The highest BCUT2D eigenvalue weighted by molar-refractivity contribution is 6.08. The van der Waals surface area contributed by atoms with E-state index in [1.165, 1.54) is 22.6 Å². The van der Waals surface area contributed by atoms with Crippen molar-refractivity contribution in [3.05, 3.63) is 101 Å². The fourth-order valence-corrected chi connectivity index (χ4v) is 8.59. The number of fused-ring (bicyclic) bond motifs is 1. The van der Waals surface area contributed by atoms with Crippen molar-refractivity contribution in [2.45, 2.75) is 52.1 Å². The zero-order valence-corrected chi connectivity index (χ0v) is 36.1. The number of carbonyl (C=O) groups excluding carboxylic acids is 5. The third kappa shape index (κ3) is 8.11. The van der Waals surface area contributed by atoms with Gasteiger partial charge in [0.15, 0.2) is 5.82 Å². The molecule has 0 spiro atoms. The lowest BCUT2D eigenvalue weighted by molar-refractivity contribution is -0.136. The number of aromatic hydroxyl groups is 2. The molecule has 4 aromatic carbocycles. The first-order valence-corrected chi connectivity index (χ1v) is 21.1. The fraction of sp³-hybridized carbons (Fsp3) is 0.304. The molecule has 5 N–H and O–H groups in total. The Morgan fingerprint density at radius 2 is 1.62 bits per heavy atom. The van der Waals surface area contributed by atoms with Crippen molar-refractivity contribution in [2.24, 2.45) is 0 Å². The third-order valence-corrected chi connectivity index (χ3v) is 11.9. The highest BCUT2D eigenvalue weighted by Crippen LogP contribution is 2.42. The topological polar surface area (TPSA) is 240 Å². The van der Waals surface area contributed by atoms with Gasteiger partial charge in [-0.15, -0.1) is 10.2 Å². The number of piperidine rings is 1. The molecule has 1 unspecified atom stereocenters. The van der Waals surface area contributed by atoms with Gasteiger partial charge in [0.25, 0.3) is 17.7 Å². The number of phenolic OH excluding ortho intramolecular Hbond substituents is 2. The number of ether oxygens (including phenoxy) is 1. The van der Waals surface area contributed by atoms with Gasteiger partial charge in [0.05, 0.1) is 24.0 Å². The summed E-state index contributed by atoms with van der Waals surface area (Å²) in [5, 5.41) is 45.4. The molecule has 8 rings (SSSR count). The lowest BCUT2D eigenvalue weighted by atomic mass is 9.98. The molecular weight excluding hydrogens is 839 g/mol. The Morgan fingerprint density at radius 3 is 2.28 bits per heavy atom. The highest BCUT2D eigenvalue weighted by atomic mass is 16.5. The van der Waals surface area contributed by atoms with Crippen LogP contribution in [0.5, 0.6) is 17.2 Å². The molecule has 1 aromatic heterocycles. The summed E-state index contributed by atoms with van der Waals surface area (Å²) >= 11 is 0. The van der Waals surface area contributed by atoms with Crippen molar-refractivity contribution in [1.82, 2.24) is 35.2 Å². The van der Waals surface area contributed by atoms with Crippen molar-refractivity contribution >= 4 is 52.7 Å². The molecule has 19 nitrogen and oxygen atoms in total. The zero-order chi connectivity index (χ0) is 46.3. The van der Waals surface area contributed by atoms with E-state index in [1.54, 1.807) is 78.6 Å². The van der Waals surface area contributed by atoms with Crippen LogP contribution in [0.25, 0.3) is 17.1 Å². The van der Waals surface area contributed by atoms with Crippen LogP contribution in [-0.4, -0.2) is 121 Å². The molecule has 3 aliphatic rings. The molecule has 336 valence electrons. The number of anilines is 3. The molecule has 4 heterocycles. The number of carbonyl (C=O) groups is 6. The fourth-order valence-electron chi connectivity index (χ4n) is 8.59. The van der Waals surface area contributed by atoms with Crippen molar-refractivity contribution in [3.8, 4) is 34.3 Å². The number of nitrogens with one attached hydrogen (secondary N) is 2. The first-order valence-electron chi connectivity index (χ1n) is 21.1. The number of rotatable bonds is 11. The maximum absolute atomic E-state index is 13.8. The summed E-state index contributed by atoms with van der Waals surface area (Å²) in [4.78, 5) is 84.1. The Balaban J connectivity index is 0.984. The Labute approximate surface area is 372 Å².